The van der Waals surface area contributed by atoms with Crippen molar-refractivity contribution in [2.24, 2.45) is 5.73 Å². The van der Waals surface area contributed by atoms with Gasteiger partial charge in [-0.3, -0.25) is 4.79 Å². The number of hydrogen-bond acceptors (Lipinski definition) is 7. The average molecular weight is 412 g/mol. The summed E-state index contributed by atoms with van der Waals surface area (Å²) >= 11 is 0. The summed E-state index contributed by atoms with van der Waals surface area (Å²) in [5, 5.41) is 2.73. The minimum Gasteiger partial charge on any atom is -0.458 e. The summed E-state index contributed by atoms with van der Waals surface area (Å²) in [6, 6.07) is 6.73. The first-order valence-corrected chi connectivity index (χ1v) is 9.35. The predicted molar refractivity (Wildman–Crippen MR) is 109 cm³/mol. The predicted octanol–water partition coefficient (Wildman–Crippen LogP) is 2.42. The van der Waals surface area contributed by atoms with Gasteiger partial charge < -0.3 is 25.3 Å². The number of amides is 1. The van der Waals surface area contributed by atoms with E-state index in [0.717, 1.165) is 0 Å². The van der Waals surface area contributed by atoms with Gasteiger partial charge in [0.2, 0.25) is 11.8 Å². The lowest BCUT2D eigenvalue weighted by Gasteiger charge is -2.36. The van der Waals surface area contributed by atoms with Crippen molar-refractivity contribution < 1.29 is 28.6 Å². The van der Waals surface area contributed by atoms with Gasteiger partial charge in [-0.15, -0.1) is 0 Å². The molecule has 1 aromatic carbocycles. The quantitative estimate of drug-likeness (QED) is 0.576. The van der Waals surface area contributed by atoms with Crippen molar-refractivity contribution in [2.45, 2.75) is 38.7 Å². The summed E-state index contributed by atoms with van der Waals surface area (Å²) in [6.45, 7) is 9.97. The van der Waals surface area contributed by atoms with Crippen LogP contribution in [0.2, 0.25) is 0 Å². The number of rotatable bonds is 4. The number of benzene rings is 1. The number of nitrogens with one attached hydrogen (secondary N) is 1. The van der Waals surface area contributed by atoms with Crippen molar-refractivity contribution in [2.75, 3.05) is 11.9 Å². The zero-order chi connectivity index (χ0) is 22.3. The number of anilines is 1. The van der Waals surface area contributed by atoms with Crippen LogP contribution in [0.1, 0.15) is 33.3 Å². The average Bonchev–Trinajstić information content (AvgIpc) is 2.90. The van der Waals surface area contributed by atoms with Gasteiger partial charge in [-0.1, -0.05) is 30.9 Å². The fraction of sp³-hybridized carbons (Fsp3) is 0.318. The maximum atomic E-state index is 13.4. The number of para-hydroxylation sites is 1. The Labute approximate surface area is 174 Å². The second-order valence-corrected chi connectivity index (χ2v) is 7.91. The fourth-order valence-electron chi connectivity index (χ4n) is 3.68. The molecule has 0 saturated carbocycles. The molecule has 158 valence electrons. The molecular formula is C22H24N2O6. The van der Waals surface area contributed by atoms with E-state index < -0.39 is 28.9 Å². The second kappa shape index (κ2) is 7.37. The molecule has 2 heterocycles. The molecule has 1 aromatic rings. The first kappa shape index (κ1) is 21.2. The lowest BCUT2D eigenvalue weighted by atomic mass is 9.67. The normalized spacial score (nSPS) is 20.5. The molecule has 0 saturated heterocycles. The summed E-state index contributed by atoms with van der Waals surface area (Å²) in [4.78, 5) is 39.7. The van der Waals surface area contributed by atoms with Gasteiger partial charge in [0, 0.05) is 11.3 Å². The third-order valence-electron chi connectivity index (χ3n) is 4.67. The van der Waals surface area contributed by atoms with Crippen molar-refractivity contribution in [1.82, 2.24) is 0 Å². The van der Waals surface area contributed by atoms with Crippen LogP contribution in [-0.4, -0.2) is 30.1 Å². The van der Waals surface area contributed by atoms with E-state index in [9.17, 15) is 14.4 Å². The van der Waals surface area contributed by atoms with E-state index >= 15 is 0 Å². The molecule has 8 heteroatoms. The molecule has 3 rings (SSSR count). The second-order valence-electron chi connectivity index (χ2n) is 7.91. The van der Waals surface area contributed by atoms with E-state index in [2.05, 4.69) is 11.9 Å². The van der Waals surface area contributed by atoms with Crippen molar-refractivity contribution in [3.63, 3.8) is 0 Å². The molecule has 30 heavy (non-hydrogen) atoms. The standard InChI is InChI=1S/C22H24N2O6/c1-6-11-28-18(25)15-12(2)29-17(23)16(19(26)30-21(3,4)5)22(15)13-9-7-8-10-14(13)24-20(22)27/h6-10H,1,11,23H2,2-5H3,(H,24,27)/t22-/m0/s1. The molecule has 1 spiro atoms. The van der Waals surface area contributed by atoms with Gasteiger partial charge >= 0.3 is 11.9 Å². The molecule has 0 aromatic heterocycles. The van der Waals surface area contributed by atoms with E-state index in [-0.39, 0.29) is 29.4 Å². The maximum absolute atomic E-state index is 13.4. The van der Waals surface area contributed by atoms with E-state index in [4.69, 9.17) is 19.9 Å². The number of nitrogens with two attached hydrogens (primary N) is 1. The summed E-state index contributed by atoms with van der Waals surface area (Å²) in [5.74, 6) is -2.57. The van der Waals surface area contributed by atoms with Crippen molar-refractivity contribution in [1.29, 1.82) is 0 Å². The van der Waals surface area contributed by atoms with Crippen LogP contribution in [0.5, 0.6) is 0 Å². The van der Waals surface area contributed by atoms with Crippen molar-refractivity contribution in [3.05, 3.63) is 65.3 Å². The number of fused-ring (bicyclic) bond motifs is 2. The Bertz CT molecular complexity index is 1010. The van der Waals surface area contributed by atoms with Crippen LogP contribution < -0.4 is 11.1 Å². The molecule has 0 fully saturated rings. The molecular weight excluding hydrogens is 388 g/mol. The number of ether oxygens (including phenoxy) is 3. The smallest absolute Gasteiger partial charge is 0.341 e. The van der Waals surface area contributed by atoms with Gasteiger partial charge in [-0.05, 0) is 33.8 Å². The van der Waals surface area contributed by atoms with E-state index in [0.29, 0.717) is 11.3 Å². The molecule has 0 radical (unpaired) electrons. The van der Waals surface area contributed by atoms with Gasteiger partial charge in [0.25, 0.3) is 0 Å². The molecule has 2 aliphatic heterocycles. The molecule has 0 unspecified atom stereocenters. The molecule has 1 amide bonds. The highest BCUT2D eigenvalue weighted by Gasteiger charge is 2.62. The number of esters is 2. The van der Waals surface area contributed by atoms with E-state index in [1.165, 1.54) is 13.0 Å². The van der Waals surface area contributed by atoms with Crippen LogP contribution in [0.25, 0.3) is 0 Å². The fourth-order valence-corrected chi connectivity index (χ4v) is 3.68. The van der Waals surface area contributed by atoms with Gasteiger partial charge in [-0.25, -0.2) is 9.59 Å². The third kappa shape index (κ3) is 3.24. The summed E-state index contributed by atoms with van der Waals surface area (Å²) in [6.07, 6.45) is 1.39. The number of carbonyl (C=O) groups is 3. The first-order chi connectivity index (χ1) is 14.0. The van der Waals surface area contributed by atoms with Crippen molar-refractivity contribution >= 4 is 23.5 Å². The minimum absolute atomic E-state index is 0.0562. The highest BCUT2D eigenvalue weighted by Crippen LogP contribution is 2.52. The number of allylic oxidation sites excluding steroid dienone is 1. The van der Waals surface area contributed by atoms with Gasteiger partial charge in [0.15, 0.2) is 0 Å². The topological polar surface area (TPSA) is 117 Å². The third-order valence-corrected chi connectivity index (χ3v) is 4.67. The molecule has 8 nitrogen and oxygen atoms in total. The van der Waals surface area contributed by atoms with E-state index in [1.807, 2.05) is 0 Å². The van der Waals surface area contributed by atoms with Gasteiger partial charge in [0.1, 0.15) is 34.5 Å². The van der Waals surface area contributed by atoms with E-state index in [1.54, 1.807) is 45.0 Å². The molecule has 0 bridgehead atoms. The number of carbonyl (C=O) groups excluding carboxylic acids is 3. The Morgan fingerprint density at radius 1 is 1.23 bits per heavy atom. The summed E-state index contributed by atoms with van der Waals surface area (Å²) in [7, 11) is 0. The molecule has 3 N–H and O–H groups in total. The summed E-state index contributed by atoms with van der Waals surface area (Å²) < 4.78 is 16.3. The van der Waals surface area contributed by atoms with Gasteiger partial charge in [0.05, 0.1) is 0 Å². The lowest BCUT2D eigenvalue weighted by molar-refractivity contribution is -0.152. The molecule has 1 atom stereocenters. The largest absolute Gasteiger partial charge is 0.458 e. The molecule has 2 aliphatic rings. The Kier molecular flexibility index (Phi) is 5.20. The van der Waals surface area contributed by atoms with Gasteiger partial charge in [-0.2, -0.15) is 0 Å². The first-order valence-electron chi connectivity index (χ1n) is 9.35. The summed E-state index contributed by atoms with van der Waals surface area (Å²) in [5.41, 5.74) is 3.77. The zero-order valence-corrected chi connectivity index (χ0v) is 17.3. The van der Waals surface area contributed by atoms with Crippen LogP contribution in [0.15, 0.2) is 59.7 Å². The van der Waals surface area contributed by atoms with Crippen LogP contribution >= 0.6 is 0 Å². The van der Waals surface area contributed by atoms with Crippen LogP contribution in [0.4, 0.5) is 5.69 Å². The Balaban J connectivity index is 2.32. The Morgan fingerprint density at radius 2 is 1.90 bits per heavy atom. The van der Waals surface area contributed by atoms with Crippen LogP contribution in [0.3, 0.4) is 0 Å². The monoisotopic (exact) mass is 412 g/mol. The lowest BCUT2D eigenvalue weighted by Crippen LogP contribution is -2.49. The highest BCUT2D eigenvalue weighted by molar-refractivity contribution is 6.21. The maximum Gasteiger partial charge on any atom is 0.341 e. The Morgan fingerprint density at radius 3 is 2.53 bits per heavy atom. The minimum atomic E-state index is -1.87. The SMILES string of the molecule is C=CCOC(=O)C1=C(C)OC(N)=C(C(=O)OC(C)(C)C)[C@@]12C(=O)Nc1ccccc12. The van der Waals surface area contributed by atoms with Crippen molar-refractivity contribution in [3.8, 4) is 0 Å². The molecule has 0 aliphatic carbocycles. The van der Waals surface area contributed by atoms with Crippen LogP contribution in [0, 0.1) is 0 Å². The zero-order valence-electron chi connectivity index (χ0n) is 17.3. The Hall–Kier alpha value is -3.55. The number of hydrogen-bond donors (Lipinski definition) is 2. The van der Waals surface area contributed by atoms with Crippen LogP contribution in [-0.2, 0) is 34.0 Å². The highest BCUT2D eigenvalue weighted by atomic mass is 16.6.